The number of hydrogen-bond donors (Lipinski definition) is 1. The first-order chi connectivity index (χ1) is 8.36. The number of fused-ring (bicyclic) bond motifs is 1. The van der Waals surface area contributed by atoms with Crippen LogP contribution in [0.2, 0.25) is 0 Å². The van der Waals surface area contributed by atoms with E-state index in [1.807, 2.05) is 35.8 Å². The van der Waals surface area contributed by atoms with Gasteiger partial charge < -0.3 is 5.73 Å². The molecule has 3 heteroatoms. The number of nitrogens with zero attached hydrogens (tertiary/aromatic N) is 1. The molecule has 84 valence electrons. The largest absolute Gasteiger partial charge is 0.318 e. The van der Waals surface area contributed by atoms with Gasteiger partial charge in [-0.1, -0.05) is 30.3 Å². The van der Waals surface area contributed by atoms with Gasteiger partial charge in [-0.15, -0.1) is 11.3 Å². The quantitative estimate of drug-likeness (QED) is 0.746. The highest BCUT2D eigenvalue weighted by Gasteiger charge is 2.13. The molecule has 0 amide bonds. The highest BCUT2D eigenvalue weighted by molar-refractivity contribution is 7.10. The first-order valence-electron chi connectivity index (χ1n) is 5.49. The van der Waals surface area contributed by atoms with Gasteiger partial charge >= 0.3 is 0 Å². The Kier molecular flexibility index (Phi) is 2.63. The standard InChI is InChI=1S/C14H12N2S/c15-13(12-6-3-9-17-12)14-11-5-2-1-4-10(11)7-8-16-14/h1-9,13H,15H2. The van der Waals surface area contributed by atoms with E-state index >= 15 is 0 Å². The topological polar surface area (TPSA) is 38.9 Å². The molecule has 0 aliphatic carbocycles. The molecule has 3 aromatic rings. The number of pyridine rings is 1. The Morgan fingerprint density at radius 2 is 1.94 bits per heavy atom. The summed E-state index contributed by atoms with van der Waals surface area (Å²) < 4.78 is 0. The van der Waals surface area contributed by atoms with Crippen molar-refractivity contribution in [2.45, 2.75) is 6.04 Å². The molecule has 1 unspecified atom stereocenters. The monoisotopic (exact) mass is 240 g/mol. The van der Waals surface area contributed by atoms with Crippen molar-refractivity contribution in [2.24, 2.45) is 5.73 Å². The van der Waals surface area contributed by atoms with Crippen LogP contribution in [0.25, 0.3) is 10.8 Å². The maximum Gasteiger partial charge on any atom is 0.0826 e. The Hall–Kier alpha value is -1.71. The second-order valence-corrected chi connectivity index (χ2v) is 4.89. The molecule has 0 aliphatic rings. The molecule has 2 nitrogen and oxygen atoms in total. The van der Waals surface area contributed by atoms with Crippen LogP contribution in [0.5, 0.6) is 0 Å². The summed E-state index contributed by atoms with van der Waals surface area (Å²) in [6, 6.07) is 14.2. The van der Waals surface area contributed by atoms with Gasteiger partial charge in [-0.2, -0.15) is 0 Å². The summed E-state index contributed by atoms with van der Waals surface area (Å²) in [6.45, 7) is 0. The van der Waals surface area contributed by atoms with Gasteiger partial charge in [-0.05, 0) is 22.9 Å². The predicted octanol–water partition coefficient (Wildman–Crippen LogP) is 3.34. The lowest BCUT2D eigenvalue weighted by molar-refractivity contribution is 0.859. The van der Waals surface area contributed by atoms with E-state index in [1.165, 1.54) is 5.39 Å². The molecular formula is C14H12N2S. The van der Waals surface area contributed by atoms with Crippen LogP contribution < -0.4 is 5.73 Å². The van der Waals surface area contributed by atoms with E-state index < -0.39 is 0 Å². The van der Waals surface area contributed by atoms with E-state index in [4.69, 9.17) is 5.73 Å². The second-order valence-electron chi connectivity index (χ2n) is 3.91. The normalized spacial score (nSPS) is 12.8. The van der Waals surface area contributed by atoms with Crippen molar-refractivity contribution in [3.63, 3.8) is 0 Å². The minimum absolute atomic E-state index is 0.138. The Morgan fingerprint density at radius 3 is 2.76 bits per heavy atom. The van der Waals surface area contributed by atoms with E-state index in [1.54, 1.807) is 11.3 Å². The minimum Gasteiger partial charge on any atom is -0.318 e. The second kappa shape index (κ2) is 4.28. The van der Waals surface area contributed by atoms with Crippen LogP contribution in [0.1, 0.15) is 16.6 Å². The highest BCUT2D eigenvalue weighted by atomic mass is 32.1. The first kappa shape index (κ1) is 10.4. The maximum absolute atomic E-state index is 6.27. The van der Waals surface area contributed by atoms with Crippen molar-refractivity contribution in [1.82, 2.24) is 4.98 Å². The molecule has 2 aromatic heterocycles. The van der Waals surface area contributed by atoms with Gasteiger partial charge in [0.2, 0.25) is 0 Å². The first-order valence-corrected chi connectivity index (χ1v) is 6.37. The molecule has 1 atom stereocenters. The third-order valence-electron chi connectivity index (χ3n) is 2.85. The molecule has 0 bridgehead atoms. The molecule has 0 saturated carbocycles. The van der Waals surface area contributed by atoms with Gasteiger partial charge in [-0.3, -0.25) is 4.98 Å². The third-order valence-corrected chi connectivity index (χ3v) is 3.80. The van der Waals surface area contributed by atoms with Crippen LogP contribution in [0.4, 0.5) is 0 Å². The third kappa shape index (κ3) is 1.84. The fraction of sp³-hybridized carbons (Fsp3) is 0.0714. The lowest BCUT2D eigenvalue weighted by atomic mass is 10.0. The number of nitrogens with two attached hydrogens (primary N) is 1. The molecule has 1 aromatic carbocycles. The zero-order chi connectivity index (χ0) is 11.7. The fourth-order valence-corrected chi connectivity index (χ4v) is 2.72. The average Bonchev–Trinajstić information content (AvgIpc) is 2.91. The molecule has 2 heterocycles. The Bertz CT molecular complexity index is 626. The van der Waals surface area contributed by atoms with Gasteiger partial charge in [0.05, 0.1) is 11.7 Å². The fourth-order valence-electron chi connectivity index (χ4n) is 1.99. The van der Waals surface area contributed by atoms with Crippen LogP contribution in [0, 0.1) is 0 Å². The van der Waals surface area contributed by atoms with Crippen LogP contribution in [-0.2, 0) is 0 Å². The lowest BCUT2D eigenvalue weighted by Gasteiger charge is -2.11. The summed E-state index contributed by atoms with van der Waals surface area (Å²) in [5.41, 5.74) is 7.22. The van der Waals surface area contributed by atoms with Crippen molar-refractivity contribution >= 4 is 22.1 Å². The number of hydrogen-bond acceptors (Lipinski definition) is 3. The molecule has 0 saturated heterocycles. The van der Waals surface area contributed by atoms with Gasteiger partial charge in [0.25, 0.3) is 0 Å². The summed E-state index contributed by atoms with van der Waals surface area (Å²) >= 11 is 1.67. The molecule has 0 spiro atoms. The van der Waals surface area contributed by atoms with Gasteiger partial charge in [0.15, 0.2) is 0 Å². The Morgan fingerprint density at radius 1 is 1.06 bits per heavy atom. The minimum atomic E-state index is -0.138. The molecule has 0 radical (unpaired) electrons. The van der Waals surface area contributed by atoms with E-state index in [0.717, 1.165) is 16.0 Å². The molecule has 17 heavy (non-hydrogen) atoms. The zero-order valence-corrected chi connectivity index (χ0v) is 10.0. The number of thiophene rings is 1. The van der Waals surface area contributed by atoms with Crippen molar-refractivity contribution < 1.29 is 0 Å². The number of rotatable bonds is 2. The molecule has 2 N–H and O–H groups in total. The van der Waals surface area contributed by atoms with Gasteiger partial charge in [0, 0.05) is 16.5 Å². The number of aromatic nitrogens is 1. The summed E-state index contributed by atoms with van der Waals surface area (Å²) in [6.07, 6.45) is 1.82. The van der Waals surface area contributed by atoms with Crippen molar-refractivity contribution in [3.05, 3.63) is 64.6 Å². The van der Waals surface area contributed by atoms with Gasteiger partial charge in [0.1, 0.15) is 0 Å². The van der Waals surface area contributed by atoms with Crippen molar-refractivity contribution in [1.29, 1.82) is 0 Å². The number of benzene rings is 1. The van der Waals surface area contributed by atoms with Crippen molar-refractivity contribution in [2.75, 3.05) is 0 Å². The Balaban J connectivity index is 2.17. The molecule has 0 aliphatic heterocycles. The summed E-state index contributed by atoms with van der Waals surface area (Å²) in [7, 11) is 0. The van der Waals surface area contributed by atoms with Crippen LogP contribution in [0.15, 0.2) is 54.0 Å². The average molecular weight is 240 g/mol. The van der Waals surface area contributed by atoms with E-state index in [2.05, 4.69) is 23.2 Å². The smallest absolute Gasteiger partial charge is 0.0826 e. The maximum atomic E-state index is 6.27. The highest BCUT2D eigenvalue weighted by Crippen LogP contribution is 2.27. The molecule has 3 rings (SSSR count). The zero-order valence-electron chi connectivity index (χ0n) is 9.21. The predicted molar refractivity (Wildman–Crippen MR) is 72.1 cm³/mol. The van der Waals surface area contributed by atoms with Crippen LogP contribution in [-0.4, -0.2) is 4.98 Å². The van der Waals surface area contributed by atoms with E-state index in [9.17, 15) is 0 Å². The van der Waals surface area contributed by atoms with E-state index in [-0.39, 0.29) is 6.04 Å². The SMILES string of the molecule is NC(c1cccs1)c1nccc2ccccc12. The lowest BCUT2D eigenvalue weighted by Crippen LogP contribution is -2.12. The van der Waals surface area contributed by atoms with Crippen molar-refractivity contribution in [3.8, 4) is 0 Å². The summed E-state index contributed by atoms with van der Waals surface area (Å²) in [5.74, 6) is 0. The van der Waals surface area contributed by atoms with Crippen LogP contribution in [0.3, 0.4) is 0 Å². The molecular weight excluding hydrogens is 228 g/mol. The molecule has 0 fully saturated rings. The summed E-state index contributed by atoms with van der Waals surface area (Å²) in [4.78, 5) is 5.59. The van der Waals surface area contributed by atoms with Gasteiger partial charge in [-0.25, -0.2) is 0 Å². The van der Waals surface area contributed by atoms with Crippen LogP contribution >= 0.6 is 11.3 Å². The van der Waals surface area contributed by atoms with E-state index in [0.29, 0.717) is 0 Å². The summed E-state index contributed by atoms with van der Waals surface area (Å²) in [5, 5.41) is 4.36. The Labute approximate surface area is 104 Å².